The summed E-state index contributed by atoms with van der Waals surface area (Å²) in [6, 6.07) is 12.4. The van der Waals surface area contributed by atoms with Crippen LogP contribution in [-0.4, -0.2) is 24.2 Å². The van der Waals surface area contributed by atoms with Gasteiger partial charge in [-0.05, 0) is 49.4 Å². The fourth-order valence-electron chi connectivity index (χ4n) is 2.03. The van der Waals surface area contributed by atoms with Gasteiger partial charge in [-0.3, -0.25) is 0 Å². The Hall–Kier alpha value is -2.31. The zero-order valence-corrected chi connectivity index (χ0v) is 14.6. The highest BCUT2D eigenvalue weighted by Crippen LogP contribution is 2.33. The van der Waals surface area contributed by atoms with Crippen LogP contribution in [0.2, 0.25) is 5.02 Å². The summed E-state index contributed by atoms with van der Waals surface area (Å²) >= 11 is 7.39. The van der Waals surface area contributed by atoms with Gasteiger partial charge in [-0.1, -0.05) is 22.9 Å². The molecule has 0 fully saturated rings. The Kier molecular flexibility index (Phi) is 4.87. The number of thiazole rings is 1. The molecule has 0 aliphatic heterocycles. The Labute approximate surface area is 147 Å². The maximum absolute atomic E-state index is 11.3. The van der Waals surface area contributed by atoms with Gasteiger partial charge in [0.1, 0.15) is 11.5 Å². The van der Waals surface area contributed by atoms with Crippen molar-refractivity contribution in [1.29, 1.82) is 0 Å². The van der Waals surface area contributed by atoms with Crippen LogP contribution in [0.25, 0.3) is 10.2 Å². The summed E-state index contributed by atoms with van der Waals surface area (Å²) in [6.07, 6.45) is -0.671. The van der Waals surface area contributed by atoms with Crippen molar-refractivity contribution in [3.63, 3.8) is 0 Å². The molecule has 0 aliphatic carbocycles. The third-order valence-corrected chi connectivity index (χ3v) is 4.34. The second-order valence-corrected chi connectivity index (χ2v) is 6.38. The van der Waals surface area contributed by atoms with Crippen LogP contribution >= 0.6 is 22.9 Å². The van der Waals surface area contributed by atoms with E-state index in [-0.39, 0.29) is 0 Å². The third-order valence-electron chi connectivity index (χ3n) is 3.21. The lowest BCUT2D eigenvalue weighted by Crippen LogP contribution is -2.24. The quantitative estimate of drug-likeness (QED) is 0.616. The van der Waals surface area contributed by atoms with Crippen molar-refractivity contribution in [2.75, 3.05) is 7.11 Å². The number of hydrogen-bond acceptors (Lipinski definition) is 6. The van der Waals surface area contributed by atoms with Gasteiger partial charge in [-0.2, -0.15) is 0 Å². The maximum atomic E-state index is 11.3. The van der Waals surface area contributed by atoms with Crippen molar-refractivity contribution in [1.82, 2.24) is 4.98 Å². The summed E-state index contributed by atoms with van der Waals surface area (Å²) in [5.41, 5.74) is 0.839. The average Bonchev–Trinajstić information content (AvgIpc) is 2.97. The molecule has 0 N–H and O–H groups in total. The van der Waals surface area contributed by atoms with E-state index in [2.05, 4.69) is 9.72 Å². The summed E-state index contributed by atoms with van der Waals surface area (Å²) in [4.78, 5) is 15.7. The Morgan fingerprint density at radius 3 is 2.58 bits per heavy atom. The summed E-state index contributed by atoms with van der Waals surface area (Å²) in [7, 11) is 1.32. The van der Waals surface area contributed by atoms with Gasteiger partial charge in [-0.15, -0.1) is 0 Å². The molecule has 2 aromatic carbocycles. The molecule has 1 atom stereocenters. The Morgan fingerprint density at radius 1 is 1.17 bits per heavy atom. The Balaban J connectivity index is 1.70. The van der Waals surface area contributed by atoms with Crippen LogP contribution in [0.15, 0.2) is 42.5 Å². The van der Waals surface area contributed by atoms with Crippen molar-refractivity contribution in [2.45, 2.75) is 13.0 Å². The van der Waals surface area contributed by atoms with Gasteiger partial charge >= 0.3 is 5.97 Å². The molecule has 0 radical (unpaired) electrons. The van der Waals surface area contributed by atoms with Crippen LogP contribution in [0.5, 0.6) is 16.7 Å². The number of nitrogens with zero attached hydrogens (tertiary/aromatic N) is 1. The molecule has 3 aromatic rings. The smallest absolute Gasteiger partial charge is 0.346 e. The van der Waals surface area contributed by atoms with Gasteiger partial charge in [-0.25, -0.2) is 9.78 Å². The summed E-state index contributed by atoms with van der Waals surface area (Å²) in [5, 5.41) is 1.20. The van der Waals surface area contributed by atoms with E-state index in [1.54, 1.807) is 37.3 Å². The molecule has 1 aromatic heterocycles. The monoisotopic (exact) mass is 363 g/mol. The molecule has 1 heterocycles. The topological polar surface area (TPSA) is 57.7 Å². The van der Waals surface area contributed by atoms with E-state index in [1.165, 1.54) is 18.4 Å². The predicted molar refractivity (Wildman–Crippen MR) is 93.3 cm³/mol. The van der Waals surface area contributed by atoms with Crippen LogP contribution < -0.4 is 9.47 Å². The first-order valence-corrected chi connectivity index (χ1v) is 8.33. The first-order chi connectivity index (χ1) is 11.5. The number of carbonyl (C=O) groups is 1. The van der Waals surface area contributed by atoms with Crippen LogP contribution in [-0.2, 0) is 9.53 Å². The first kappa shape index (κ1) is 16.5. The minimum absolute atomic E-state index is 0.427. The normalized spacial score (nSPS) is 12.0. The highest BCUT2D eigenvalue weighted by molar-refractivity contribution is 7.20. The minimum Gasteiger partial charge on any atom is -0.479 e. The van der Waals surface area contributed by atoms with Gasteiger partial charge in [0.05, 0.1) is 17.3 Å². The summed E-state index contributed by atoms with van der Waals surface area (Å²) < 4.78 is 16.8. The highest BCUT2D eigenvalue weighted by Gasteiger charge is 2.14. The van der Waals surface area contributed by atoms with Crippen LogP contribution in [0.3, 0.4) is 0 Å². The van der Waals surface area contributed by atoms with Crippen LogP contribution in [0, 0.1) is 0 Å². The van der Waals surface area contributed by atoms with E-state index in [9.17, 15) is 4.79 Å². The lowest BCUT2D eigenvalue weighted by Gasteiger charge is -2.12. The second-order valence-electron chi connectivity index (χ2n) is 4.95. The van der Waals surface area contributed by atoms with Crippen molar-refractivity contribution >= 4 is 39.1 Å². The van der Waals surface area contributed by atoms with Gasteiger partial charge in [0.2, 0.25) is 0 Å². The zero-order valence-electron chi connectivity index (χ0n) is 13.0. The number of fused-ring (bicyclic) bond motifs is 1. The van der Waals surface area contributed by atoms with Crippen molar-refractivity contribution < 1.29 is 19.0 Å². The molecule has 24 heavy (non-hydrogen) atoms. The van der Waals surface area contributed by atoms with Crippen molar-refractivity contribution in [3.05, 3.63) is 47.5 Å². The van der Waals surface area contributed by atoms with Gasteiger partial charge in [0, 0.05) is 5.02 Å². The molecule has 0 bridgehead atoms. The van der Waals surface area contributed by atoms with E-state index in [0.29, 0.717) is 21.7 Å². The Morgan fingerprint density at radius 2 is 1.88 bits per heavy atom. The van der Waals surface area contributed by atoms with Crippen molar-refractivity contribution in [3.8, 4) is 16.7 Å². The largest absolute Gasteiger partial charge is 0.479 e. The molecule has 5 nitrogen and oxygen atoms in total. The molecular weight excluding hydrogens is 350 g/mol. The van der Waals surface area contributed by atoms with Crippen LogP contribution in [0.4, 0.5) is 0 Å². The highest BCUT2D eigenvalue weighted by atomic mass is 35.5. The Bertz CT molecular complexity index is 863. The van der Waals surface area contributed by atoms with Gasteiger partial charge in [0.15, 0.2) is 6.10 Å². The first-order valence-electron chi connectivity index (χ1n) is 7.13. The van der Waals surface area contributed by atoms with Gasteiger partial charge in [0.25, 0.3) is 5.19 Å². The lowest BCUT2D eigenvalue weighted by atomic mass is 10.3. The number of benzene rings is 2. The zero-order chi connectivity index (χ0) is 17.1. The molecule has 0 saturated carbocycles. The van der Waals surface area contributed by atoms with E-state index in [1.807, 2.05) is 12.1 Å². The van der Waals surface area contributed by atoms with Crippen molar-refractivity contribution in [2.24, 2.45) is 0 Å². The standard InChI is InChI=1S/C17H14ClNO4S/c1-10(16(20)21-2)22-12-4-6-13(7-5-12)23-17-19-14-8-3-11(18)9-15(14)24-17/h3-10H,1-2H3. The third kappa shape index (κ3) is 3.77. The molecular formula is C17H14ClNO4S. The SMILES string of the molecule is COC(=O)C(C)Oc1ccc(Oc2nc3ccc(Cl)cc3s2)cc1. The molecule has 0 spiro atoms. The molecule has 0 aliphatic rings. The number of ether oxygens (including phenoxy) is 3. The molecule has 0 saturated heterocycles. The summed E-state index contributed by atoms with van der Waals surface area (Å²) in [6.45, 7) is 1.63. The number of methoxy groups -OCH3 is 1. The lowest BCUT2D eigenvalue weighted by molar-refractivity contribution is -0.147. The number of aromatic nitrogens is 1. The van der Waals surface area contributed by atoms with E-state index in [0.717, 1.165) is 10.2 Å². The van der Waals surface area contributed by atoms with E-state index >= 15 is 0 Å². The number of hydrogen-bond donors (Lipinski definition) is 0. The number of esters is 1. The fourth-order valence-corrected chi connectivity index (χ4v) is 3.14. The molecule has 1 unspecified atom stereocenters. The average molecular weight is 364 g/mol. The van der Waals surface area contributed by atoms with Gasteiger partial charge < -0.3 is 14.2 Å². The summed E-state index contributed by atoms with van der Waals surface area (Å²) in [5.74, 6) is 0.748. The molecule has 3 rings (SSSR count). The number of carbonyl (C=O) groups excluding carboxylic acids is 1. The van der Waals surface area contributed by atoms with E-state index in [4.69, 9.17) is 21.1 Å². The second kappa shape index (κ2) is 7.07. The molecule has 124 valence electrons. The minimum atomic E-state index is -0.671. The van der Waals surface area contributed by atoms with E-state index < -0.39 is 12.1 Å². The predicted octanol–water partition coefficient (Wildman–Crippen LogP) is 4.68. The molecule has 7 heteroatoms. The molecule has 0 amide bonds. The van der Waals surface area contributed by atoms with Crippen LogP contribution in [0.1, 0.15) is 6.92 Å². The maximum Gasteiger partial charge on any atom is 0.346 e. The number of halogens is 1. The fraction of sp³-hybridized carbons (Fsp3) is 0.176. The number of rotatable bonds is 5.